The SMILES string of the molecule is COc1c(F)cc(NC(=O)C23CC4CC(CC(NC(C)=O)(C4)C2)C3)cc1F. The van der Waals surface area contributed by atoms with E-state index in [4.69, 9.17) is 0 Å². The summed E-state index contributed by atoms with van der Waals surface area (Å²) in [6.07, 6.45) is 5.01. The molecular formula is C20H24F2N2O3. The molecule has 4 saturated carbocycles. The average molecular weight is 378 g/mol. The third-order valence-electron chi connectivity index (χ3n) is 6.44. The minimum Gasteiger partial charge on any atom is -0.491 e. The first kappa shape index (κ1) is 18.2. The highest BCUT2D eigenvalue weighted by atomic mass is 19.1. The van der Waals surface area contributed by atoms with Crippen molar-refractivity contribution in [3.8, 4) is 5.75 Å². The molecule has 0 aromatic heterocycles. The van der Waals surface area contributed by atoms with Crippen LogP contribution in [0.5, 0.6) is 5.75 Å². The third kappa shape index (κ3) is 3.07. The molecule has 0 saturated heterocycles. The van der Waals surface area contributed by atoms with Crippen LogP contribution in [0.3, 0.4) is 0 Å². The monoisotopic (exact) mass is 378 g/mol. The van der Waals surface area contributed by atoms with Gasteiger partial charge in [0, 0.05) is 30.3 Å². The van der Waals surface area contributed by atoms with E-state index in [0.717, 1.165) is 44.2 Å². The first-order valence-corrected chi connectivity index (χ1v) is 9.37. The fraction of sp³-hybridized carbons (Fsp3) is 0.600. The highest BCUT2D eigenvalue weighted by molar-refractivity contribution is 5.96. The summed E-state index contributed by atoms with van der Waals surface area (Å²) >= 11 is 0. The van der Waals surface area contributed by atoms with Crippen molar-refractivity contribution >= 4 is 17.5 Å². The van der Waals surface area contributed by atoms with Crippen molar-refractivity contribution in [2.75, 3.05) is 12.4 Å². The van der Waals surface area contributed by atoms with E-state index in [-0.39, 0.29) is 23.0 Å². The number of carbonyl (C=O) groups is 2. The number of hydrogen-bond acceptors (Lipinski definition) is 3. The van der Waals surface area contributed by atoms with Crippen molar-refractivity contribution in [1.29, 1.82) is 0 Å². The fourth-order valence-corrected chi connectivity index (χ4v) is 6.14. The molecule has 1 aromatic rings. The van der Waals surface area contributed by atoms with Gasteiger partial charge in [-0.2, -0.15) is 0 Å². The summed E-state index contributed by atoms with van der Waals surface area (Å²) in [5, 5.41) is 5.82. The molecular weight excluding hydrogens is 354 g/mol. The quantitative estimate of drug-likeness (QED) is 0.844. The number of anilines is 1. The van der Waals surface area contributed by atoms with Crippen LogP contribution in [0.25, 0.3) is 0 Å². The number of hydrogen-bond donors (Lipinski definition) is 2. The van der Waals surface area contributed by atoms with Gasteiger partial charge >= 0.3 is 0 Å². The zero-order valence-corrected chi connectivity index (χ0v) is 15.5. The second-order valence-electron chi connectivity index (χ2n) is 8.63. The van der Waals surface area contributed by atoms with E-state index in [0.29, 0.717) is 18.3 Å². The van der Waals surface area contributed by atoms with E-state index in [9.17, 15) is 18.4 Å². The Morgan fingerprint density at radius 2 is 1.70 bits per heavy atom. The molecule has 2 unspecified atom stereocenters. The van der Waals surface area contributed by atoms with Crippen LogP contribution in [-0.2, 0) is 9.59 Å². The molecule has 146 valence electrons. The van der Waals surface area contributed by atoms with Gasteiger partial charge < -0.3 is 15.4 Å². The predicted molar refractivity (Wildman–Crippen MR) is 95.2 cm³/mol. The number of methoxy groups -OCH3 is 1. The highest BCUT2D eigenvalue weighted by Gasteiger charge is 2.60. The lowest BCUT2D eigenvalue weighted by Gasteiger charge is -2.61. The van der Waals surface area contributed by atoms with E-state index in [1.54, 1.807) is 0 Å². The predicted octanol–water partition coefficient (Wildman–Crippen LogP) is 3.39. The van der Waals surface area contributed by atoms with Gasteiger partial charge in [-0.05, 0) is 50.4 Å². The van der Waals surface area contributed by atoms with Crippen molar-refractivity contribution < 1.29 is 23.1 Å². The number of benzene rings is 1. The Bertz CT molecular complexity index is 773. The van der Waals surface area contributed by atoms with Crippen molar-refractivity contribution in [1.82, 2.24) is 5.32 Å². The lowest BCUT2D eigenvalue weighted by Crippen LogP contribution is -2.65. The smallest absolute Gasteiger partial charge is 0.230 e. The second kappa shape index (κ2) is 6.17. The summed E-state index contributed by atoms with van der Waals surface area (Å²) in [7, 11) is 1.19. The van der Waals surface area contributed by atoms with E-state index < -0.39 is 22.8 Å². The van der Waals surface area contributed by atoms with E-state index in [1.807, 2.05) is 0 Å². The number of rotatable bonds is 4. The molecule has 4 fully saturated rings. The molecule has 4 aliphatic carbocycles. The summed E-state index contributed by atoms with van der Waals surface area (Å²) in [5.74, 6) is -1.67. The number of amides is 2. The summed E-state index contributed by atoms with van der Waals surface area (Å²) in [5.41, 5.74) is -0.844. The maximum Gasteiger partial charge on any atom is 0.230 e. The first-order valence-electron chi connectivity index (χ1n) is 9.37. The maximum atomic E-state index is 14.0. The Labute approximate surface area is 156 Å². The number of nitrogens with one attached hydrogen (secondary N) is 2. The van der Waals surface area contributed by atoms with E-state index in [1.165, 1.54) is 14.0 Å². The number of halogens is 2. The Morgan fingerprint density at radius 1 is 1.11 bits per heavy atom. The summed E-state index contributed by atoms with van der Waals surface area (Å²) in [4.78, 5) is 24.9. The maximum absolute atomic E-state index is 14.0. The van der Waals surface area contributed by atoms with Gasteiger partial charge in [-0.3, -0.25) is 9.59 Å². The van der Waals surface area contributed by atoms with Gasteiger partial charge in [0.05, 0.1) is 12.5 Å². The van der Waals surface area contributed by atoms with Crippen molar-refractivity contribution in [3.63, 3.8) is 0 Å². The van der Waals surface area contributed by atoms with Crippen LogP contribution in [0, 0.1) is 28.9 Å². The number of ether oxygens (including phenoxy) is 1. The molecule has 7 heteroatoms. The molecule has 1 aromatic carbocycles. The summed E-state index contributed by atoms with van der Waals surface area (Å²) in [6.45, 7) is 1.51. The van der Waals surface area contributed by atoms with Crippen LogP contribution >= 0.6 is 0 Å². The molecule has 0 spiro atoms. The molecule has 2 atom stereocenters. The first-order chi connectivity index (χ1) is 12.7. The lowest BCUT2D eigenvalue weighted by molar-refractivity contribution is -0.148. The molecule has 0 heterocycles. The van der Waals surface area contributed by atoms with Crippen molar-refractivity contribution in [3.05, 3.63) is 23.8 Å². The molecule has 2 N–H and O–H groups in total. The van der Waals surface area contributed by atoms with Gasteiger partial charge in [0.1, 0.15) is 0 Å². The molecule has 27 heavy (non-hydrogen) atoms. The van der Waals surface area contributed by atoms with Crippen LogP contribution < -0.4 is 15.4 Å². The number of carbonyl (C=O) groups excluding carboxylic acids is 2. The molecule has 5 nitrogen and oxygen atoms in total. The van der Waals surface area contributed by atoms with Gasteiger partial charge in [-0.25, -0.2) is 8.78 Å². The van der Waals surface area contributed by atoms with Crippen LogP contribution in [0.2, 0.25) is 0 Å². The fourth-order valence-electron chi connectivity index (χ4n) is 6.14. The normalized spacial score (nSPS) is 33.6. The zero-order valence-electron chi connectivity index (χ0n) is 15.5. The Morgan fingerprint density at radius 3 is 2.22 bits per heavy atom. The van der Waals surface area contributed by atoms with Crippen LogP contribution in [0.15, 0.2) is 12.1 Å². The molecule has 5 rings (SSSR count). The average Bonchev–Trinajstić information content (AvgIpc) is 2.51. The van der Waals surface area contributed by atoms with Gasteiger partial charge in [-0.1, -0.05) is 0 Å². The third-order valence-corrected chi connectivity index (χ3v) is 6.44. The molecule has 0 aliphatic heterocycles. The Hall–Kier alpha value is -2.18. The van der Waals surface area contributed by atoms with Gasteiger partial charge in [0.15, 0.2) is 17.4 Å². The lowest BCUT2D eigenvalue weighted by atomic mass is 9.46. The summed E-state index contributed by atoms with van der Waals surface area (Å²) in [6, 6.07) is 2.15. The molecule has 2 amide bonds. The molecule has 4 bridgehead atoms. The van der Waals surface area contributed by atoms with Crippen LogP contribution in [-0.4, -0.2) is 24.5 Å². The largest absolute Gasteiger partial charge is 0.491 e. The summed E-state index contributed by atoms with van der Waals surface area (Å²) < 4.78 is 32.6. The van der Waals surface area contributed by atoms with E-state index >= 15 is 0 Å². The van der Waals surface area contributed by atoms with Crippen molar-refractivity contribution in [2.24, 2.45) is 17.3 Å². The van der Waals surface area contributed by atoms with Gasteiger partial charge in [-0.15, -0.1) is 0 Å². The Balaban J connectivity index is 1.59. The minimum absolute atomic E-state index is 0.0770. The molecule has 4 aliphatic rings. The standard InChI is InChI=1S/C20H24F2N2O3/c1-11(25)24-20-8-12-3-13(9-20)7-19(6-12,10-20)18(26)23-14-4-15(21)17(27-2)16(22)5-14/h4-5,12-13H,3,6-10H2,1-2H3,(H,23,26)(H,24,25). The van der Waals surface area contributed by atoms with Gasteiger partial charge in [0.2, 0.25) is 11.8 Å². The second-order valence-corrected chi connectivity index (χ2v) is 8.63. The van der Waals surface area contributed by atoms with Crippen molar-refractivity contribution in [2.45, 2.75) is 51.0 Å². The van der Waals surface area contributed by atoms with Crippen LogP contribution in [0.4, 0.5) is 14.5 Å². The highest BCUT2D eigenvalue weighted by Crippen LogP contribution is 2.61. The van der Waals surface area contributed by atoms with E-state index in [2.05, 4.69) is 15.4 Å². The Kier molecular flexibility index (Phi) is 4.16. The molecule has 0 radical (unpaired) electrons. The topological polar surface area (TPSA) is 67.4 Å². The van der Waals surface area contributed by atoms with Crippen LogP contribution in [0.1, 0.15) is 45.4 Å². The minimum atomic E-state index is -0.854. The zero-order chi connectivity index (χ0) is 19.4. The van der Waals surface area contributed by atoms with Gasteiger partial charge in [0.25, 0.3) is 0 Å².